The number of benzene rings is 3. The lowest BCUT2D eigenvalue weighted by atomic mass is 10.1. The largest absolute Gasteiger partial charge is 0.481 e. The molecule has 0 saturated carbocycles. The highest BCUT2D eigenvalue weighted by Gasteiger charge is 2.17. The lowest BCUT2D eigenvalue weighted by Crippen LogP contribution is -2.29. The molecule has 0 atom stereocenters. The highest BCUT2D eigenvalue weighted by atomic mass is 19.1. The summed E-state index contributed by atoms with van der Waals surface area (Å²) in [7, 11) is 0. The first-order chi connectivity index (χ1) is 15.1. The molecule has 0 fully saturated rings. The van der Waals surface area contributed by atoms with Gasteiger partial charge in [0.1, 0.15) is 11.6 Å². The van der Waals surface area contributed by atoms with Crippen molar-refractivity contribution in [1.29, 1.82) is 0 Å². The third-order valence-electron chi connectivity index (χ3n) is 5.09. The van der Waals surface area contributed by atoms with Crippen molar-refractivity contribution in [3.05, 3.63) is 90.2 Å². The molecule has 0 bridgehead atoms. The molecular weight excluding hydrogens is 393 g/mol. The summed E-state index contributed by atoms with van der Waals surface area (Å²) in [6, 6.07) is 23.8. The third-order valence-corrected chi connectivity index (χ3v) is 5.09. The van der Waals surface area contributed by atoms with Gasteiger partial charge in [-0.3, -0.25) is 4.79 Å². The van der Waals surface area contributed by atoms with E-state index in [1.54, 1.807) is 12.1 Å². The Balaban J connectivity index is 1.75. The molecule has 4 rings (SSSR count). The van der Waals surface area contributed by atoms with Gasteiger partial charge < -0.3 is 10.0 Å². The number of anilines is 1. The summed E-state index contributed by atoms with van der Waals surface area (Å²) in [4.78, 5) is 22.7. The van der Waals surface area contributed by atoms with Crippen LogP contribution in [-0.4, -0.2) is 34.1 Å². The number of nitrogens with zero attached hydrogens (tertiary/aromatic N) is 3. The Morgan fingerprint density at radius 3 is 2.32 bits per heavy atom. The Hall–Kier alpha value is -3.80. The predicted octanol–water partition coefficient (Wildman–Crippen LogP) is 4.96. The van der Waals surface area contributed by atoms with Crippen molar-refractivity contribution in [2.75, 3.05) is 18.0 Å². The SMILES string of the molecule is O=C(O)CCN(CCc1ccccc1)c1nc(-c2ccc(F)cc2)nc2ccccc12. The van der Waals surface area contributed by atoms with E-state index < -0.39 is 5.97 Å². The van der Waals surface area contributed by atoms with Crippen molar-refractivity contribution in [3.8, 4) is 11.4 Å². The Bertz CT molecular complexity index is 1180. The second kappa shape index (κ2) is 9.34. The van der Waals surface area contributed by atoms with Crippen LogP contribution in [0.4, 0.5) is 10.2 Å². The molecule has 0 amide bonds. The van der Waals surface area contributed by atoms with Crippen molar-refractivity contribution in [2.45, 2.75) is 12.8 Å². The fraction of sp³-hybridized carbons (Fsp3) is 0.160. The number of carbonyl (C=O) groups is 1. The van der Waals surface area contributed by atoms with Crippen molar-refractivity contribution in [2.24, 2.45) is 0 Å². The van der Waals surface area contributed by atoms with E-state index in [-0.39, 0.29) is 12.2 Å². The monoisotopic (exact) mass is 415 g/mol. The van der Waals surface area contributed by atoms with E-state index in [0.717, 1.165) is 17.3 Å². The number of hydrogen-bond acceptors (Lipinski definition) is 4. The van der Waals surface area contributed by atoms with Crippen LogP contribution in [0, 0.1) is 5.82 Å². The normalized spacial score (nSPS) is 10.9. The van der Waals surface area contributed by atoms with Gasteiger partial charge in [-0.05, 0) is 48.4 Å². The number of para-hydroxylation sites is 1. The van der Waals surface area contributed by atoms with Crippen LogP contribution in [0.25, 0.3) is 22.3 Å². The van der Waals surface area contributed by atoms with E-state index in [0.29, 0.717) is 30.3 Å². The van der Waals surface area contributed by atoms with Gasteiger partial charge in [-0.2, -0.15) is 0 Å². The summed E-state index contributed by atoms with van der Waals surface area (Å²) >= 11 is 0. The van der Waals surface area contributed by atoms with Gasteiger partial charge in [-0.1, -0.05) is 42.5 Å². The molecule has 0 aliphatic carbocycles. The Morgan fingerprint density at radius 1 is 0.871 bits per heavy atom. The minimum atomic E-state index is -0.859. The Kier molecular flexibility index (Phi) is 6.17. The maximum absolute atomic E-state index is 13.4. The van der Waals surface area contributed by atoms with Crippen molar-refractivity contribution >= 4 is 22.7 Å². The van der Waals surface area contributed by atoms with Gasteiger partial charge >= 0.3 is 5.97 Å². The second-order valence-corrected chi connectivity index (χ2v) is 7.26. The molecule has 4 aromatic rings. The maximum Gasteiger partial charge on any atom is 0.305 e. The molecule has 0 unspecified atom stereocenters. The molecule has 6 heteroatoms. The lowest BCUT2D eigenvalue weighted by molar-refractivity contribution is -0.136. The molecule has 156 valence electrons. The first kappa shape index (κ1) is 20.5. The fourth-order valence-corrected chi connectivity index (χ4v) is 3.49. The van der Waals surface area contributed by atoms with Gasteiger partial charge in [0.05, 0.1) is 11.9 Å². The van der Waals surface area contributed by atoms with Crippen LogP contribution in [0.5, 0.6) is 0 Å². The molecule has 0 spiro atoms. The van der Waals surface area contributed by atoms with Crippen LogP contribution in [0.15, 0.2) is 78.9 Å². The Labute approximate surface area is 179 Å². The van der Waals surface area contributed by atoms with Crippen LogP contribution in [0.2, 0.25) is 0 Å². The number of hydrogen-bond donors (Lipinski definition) is 1. The third kappa shape index (κ3) is 5.04. The molecule has 0 saturated heterocycles. The standard InChI is InChI=1S/C25H22FN3O2/c26-20-12-10-19(11-13-20)24-27-22-9-5-4-8-21(22)25(28-24)29(17-15-23(30)31)16-14-18-6-2-1-3-7-18/h1-13H,14-17H2,(H,30,31). The molecule has 5 nitrogen and oxygen atoms in total. The van der Waals surface area contributed by atoms with Crippen LogP contribution in [0.1, 0.15) is 12.0 Å². The van der Waals surface area contributed by atoms with E-state index in [1.807, 2.05) is 47.4 Å². The smallest absolute Gasteiger partial charge is 0.305 e. The summed E-state index contributed by atoms with van der Waals surface area (Å²) in [5.41, 5.74) is 2.63. The molecule has 1 N–H and O–H groups in total. The zero-order valence-corrected chi connectivity index (χ0v) is 16.9. The molecule has 0 aliphatic heterocycles. The van der Waals surface area contributed by atoms with Gasteiger partial charge in [0.25, 0.3) is 0 Å². The van der Waals surface area contributed by atoms with Crippen LogP contribution < -0.4 is 4.90 Å². The maximum atomic E-state index is 13.4. The molecule has 1 heterocycles. The highest BCUT2D eigenvalue weighted by Crippen LogP contribution is 2.28. The fourth-order valence-electron chi connectivity index (χ4n) is 3.49. The average Bonchev–Trinajstić information content (AvgIpc) is 2.79. The number of carboxylic acid groups (broad SMARTS) is 1. The minimum absolute atomic E-state index is 0.000991. The predicted molar refractivity (Wildman–Crippen MR) is 120 cm³/mol. The van der Waals surface area contributed by atoms with Gasteiger partial charge in [0, 0.05) is 24.0 Å². The first-order valence-electron chi connectivity index (χ1n) is 10.1. The molecular formula is C25H22FN3O2. The summed E-state index contributed by atoms with van der Waals surface area (Å²) in [6.07, 6.45) is 0.754. The van der Waals surface area contributed by atoms with Gasteiger partial charge in [0.15, 0.2) is 5.82 Å². The lowest BCUT2D eigenvalue weighted by Gasteiger charge is -2.25. The zero-order chi connectivity index (χ0) is 21.6. The quantitative estimate of drug-likeness (QED) is 0.441. The summed E-state index contributed by atoms with van der Waals surface area (Å²) in [5, 5.41) is 10.1. The van der Waals surface area contributed by atoms with Gasteiger partial charge in [0.2, 0.25) is 0 Å². The summed E-state index contributed by atoms with van der Waals surface area (Å²) < 4.78 is 13.4. The summed E-state index contributed by atoms with van der Waals surface area (Å²) in [6.45, 7) is 0.938. The number of aromatic nitrogens is 2. The molecule has 0 aliphatic rings. The minimum Gasteiger partial charge on any atom is -0.481 e. The second-order valence-electron chi connectivity index (χ2n) is 7.26. The van der Waals surface area contributed by atoms with E-state index in [1.165, 1.54) is 17.7 Å². The number of carboxylic acids is 1. The van der Waals surface area contributed by atoms with Crippen molar-refractivity contribution in [3.63, 3.8) is 0 Å². The summed E-state index contributed by atoms with van der Waals surface area (Å²) in [5.74, 6) is -0.0200. The number of aliphatic carboxylic acids is 1. The first-order valence-corrected chi connectivity index (χ1v) is 10.1. The van der Waals surface area contributed by atoms with Gasteiger partial charge in [-0.15, -0.1) is 0 Å². The van der Waals surface area contributed by atoms with E-state index in [2.05, 4.69) is 17.1 Å². The van der Waals surface area contributed by atoms with Crippen molar-refractivity contribution < 1.29 is 14.3 Å². The van der Waals surface area contributed by atoms with Crippen molar-refractivity contribution in [1.82, 2.24) is 9.97 Å². The van der Waals surface area contributed by atoms with Crippen LogP contribution in [-0.2, 0) is 11.2 Å². The molecule has 3 aromatic carbocycles. The molecule has 0 radical (unpaired) electrons. The van der Waals surface area contributed by atoms with Crippen LogP contribution >= 0.6 is 0 Å². The van der Waals surface area contributed by atoms with E-state index >= 15 is 0 Å². The van der Waals surface area contributed by atoms with E-state index in [9.17, 15) is 14.3 Å². The highest BCUT2D eigenvalue weighted by molar-refractivity contribution is 5.91. The van der Waals surface area contributed by atoms with Crippen LogP contribution in [0.3, 0.4) is 0 Å². The van der Waals surface area contributed by atoms with Gasteiger partial charge in [-0.25, -0.2) is 14.4 Å². The topological polar surface area (TPSA) is 66.3 Å². The van der Waals surface area contributed by atoms with E-state index in [4.69, 9.17) is 4.98 Å². The number of halogens is 1. The zero-order valence-electron chi connectivity index (χ0n) is 16.9. The Morgan fingerprint density at radius 2 is 1.58 bits per heavy atom. The number of rotatable bonds is 8. The average molecular weight is 415 g/mol. The molecule has 31 heavy (non-hydrogen) atoms. The number of fused-ring (bicyclic) bond motifs is 1. The molecule has 1 aromatic heterocycles.